The van der Waals surface area contributed by atoms with Gasteiger partial charge >= 0.3 is 0 Å². The summed E-state index contributed by atoms with van der Waals surface area (Å²) in [6, 6.07) is 1.24. The maximum absolute atomic E-state index is 12.8. The van der Waals surface area contributed by atoms with Crippen LogP contribution in [-0.2, 0) is 4.79 Å². The molecule has 0 fully saturated rings. The molecule has 0 radical (unpaired) electrons. The topological polar surface area (TPSA) is 17.1 Å². The minimum atomic E-state index is -1.27. The van der Waals surface area contributed by atoms with E-state index in [1.165, 1.54) is 0 Å². The lowest BCUT2D eigenvalue weighted by Crippen LogP contribution is -1.90. The van der Waals surface area contributed by atoms with Crippen LogP contribution < -0.4 is 0 Å². The highest BCUT2D eigenvalue weighted by Gasteiger charge is 2.07. The third kappa shape index (κ3) is 2.18. The van der Waals surface area contributed by atoms with Crippen molar-refractivity contribution in [3.63, 3.8) is 0 Å². The first-order chi connectivity index (χ1) is 6.15. The predicted molar refractivity (Wildman–Crippen MR) is 41.4 cm³/mol. The number of allylic oxidation sites excluding steroid dienone is 1. The smallest absolute Gasteiger partial charge is 0.166 e. The van der Waals surface area contributed by atoms with Crippen molar-refractivity contribution in [3.8, 4) is 0 Å². The molecule has 0 saturated heterocycles. The van der Waals surface area contributed by atoms with E-state index in [0.29, 0.717) is 12.4 Å². The van der Waals surface area contributed by atoms with Gasteiger partial charge in [0.15, 0.2) is 11.6 Å². The van der Waals surface area contributed by atoms with Gasteiger partial charge in [0, 0.05) is 11.6 Å². The van der Waals surface area contributed by atoms with E-state index in [2.05, 4.69) is 0 Å². The summed E-state index contributed by atoms with van der Waals surface area (Å²) in [5.41, 5.74) is -0.287. The summed E-state index contributed by atoms with van der Waals surface area (Å²) in [4.78, 5) is 9.86. The monoisotopic (exact) mass is 186 g/mol. The number of rotatable bonds is 2. The van der Waals surface area contributed by atoms with Gasteiger partial charge in [-0.05, 0) is 18.2 Å². The molecule has 0 aliphatic rings. The lowest BCUT2D eigenvalue weighted by Gasteiger charge is -1.97. The molecule has 1 aromatic carbocycles. The van der Waals surface area contributed by atoms with Crippen LogP contribution in [0.4, 0.5) is 13.2 Å². The Morgan fingerprint density at radius 2 is 1.85 bits per heavy atom. The summed E-state index contributed by atoms with van der Waals surface area (Å²) in [6.45, 7) is 0. The Hall–Kier alpha value is -1.58. The van der Waals surface area contributed by atoms with Crippen LogP contribution >= 0.6 is 0 Å². The van der Waals surface area contributed by atoms with Crippen molar-refractivity contribution < 1.29 is 18.0 Å². The van der Waals surface area contributed by atoms with Gasteiger partial charge in [-0.1, -0.05) is 0 Å². The van der Waals surface area contributed by atoms with E-state index in [1.807, 2.05) is 0 Å². The number of halogens is 3. The number of hydrogen-bond donors (Lipinski definition) is 0. The van der Waals surface area contributed by atoms with Crippen LogP contribution in [0.3, 0.4) is 0 Å². The third-order valence-electron chi connectivity index (χ3n) is 1.38. The van der Waals surface area contributed by atoms with E-state index in [4.69, 9.17) is 0 Å². The Morgan fingerprint density at radius 1 is 1.15 bits per heavy atom. The zero-order valence-electron chi connectivity index (χ0n) is 6.43. The van der Waals surface area contributed by atoms with Gasteiger partial charge < -0.3 is 0 Å². The van der Waals surface area contributed by atoms with E-state index in [-0.39, 0.29) is 5.56 Å². The highest BCUT2D eigenvalue weighted by molar-refractivity contribution is 5.73. The SMILES string of the molecule is O=C/C=C/c1cc(F)cc(F)c1F. The second kappa shape index (κ2) is 3.89. The molecule has 0 bridgehead atoms. The molecule has 4 heteroatoms. The molecular formula is C9H5F3O. The average molecular weight is 186 g/mol. The normalized spacial score (nSPS) is 10.7. The molecule has 0 spiro atoms. The summed E-state index contributed by atoms with van der Waals surface area (Å²) in [5, 5.41) is 0. The number of benzene rings is 1. The van der Waals surface area contributed by atoms with E-state index in [9.17, 15) is 18.0 Å². The van der Waals surface area contributed by atoms with E-state index >= 15 is 0 Å². The van der Waals surface area contributed by atoms with E-state index in [1.54, 1.807) is 0 Å². The second-order valence-corrected chi connectivity index (χ2v) is 2.29. The fourth-order valence-electron chi connectivity index (χ4n) is 0.840. The molecule has 0 aromatic heterocycles. The van der Waals surface area contributed by atoms with Gasteiger partial charge in [-0.2, -0.15) is 0 Å². The molecule has 13 heavy (non-hydrogen) atoms. The first-order valence-electron chi connectivity index (χ1n) is 3.41. The molecule has 1 nitrogen and oxygen atoms in total. The van der Waals surface area contributed by atoms with Gasteiger partial charge in [0.2, 0.25) is 0 Å². The molecule has 0 heterocycles. The maximum atomic E-state index is 12.8. The van der Waals surface area contributed by atoms with Gasteiger partial charge in [-0.15, -0.1) is 0 Å². The van der Waals surface area contributed by atoms with Gasteiger partial charge in [0.1, 0.15) is 12.1 Å². The first-order valence-corrected chi connectivity index (χ1v) is 3.41. The Bertz CT molecular complexity index is 358. The largest absolute Gasteiger partial charge is 0.299 e. The summed E-state index contributed by atoms with van der Waals surface area (Å²) in [7, 11) is 0. The highest BCUT2D eigenvalue weighted by atomic mass is 19.2. The molecule has 0 aliphatic carbocycles. The third-order valence-corrected chi connectivity index (χ3v) is 1.38. The molecule has 0 aliphatic heterocycles. The standard InChI is InChI=1S/C9H5F3O/c10-7-4-6(2-1-3-13)9(12)8(11)5-7/h1-5H/b2-1+. The van der Waals surface area contributed by atoms with Crippen LogP contribution in [0, 0.1) is 17.5 Å². The zero-order chi connectivity index (χ0) is 9.84. The molecular weight excluding hydrogens is 181 g/mol. The lowest BCUT2D eigenvalue weighted by atomic mass is 10.2. The lowest BCUT2D eigenvalue weighted by molar-refractivity contribution is -0.104. The quantitative estimate of drug-likeness (QED) is 0.393. The van der Waals surface area contributed by atoms with Crippen LogP contribution in [0.1, 0.15) is 5.56 Å². The fourth-order valence-corrected chi connectivity index (χ4v) is 0.840. The Labute approximate surface area is 72.5 Å². The molecule has 0 N–H and O–H groups in total. The first kappa shape index (κ1) is 9.51. The molecule has 68 valence electrons. The zero-order valence-corrected chi connectivity index (χ0v) is 6.43. The van der Waals surface area contributed by atoms with E-state index < -0.39 is 17.5 Å². The summed E-state index contributed by atoms with van der Waals surface area (Å²) in [5.74, 6) is -3.32. The number of hydrogen-bond acceptors (Lipinski definition) is 1. The Morgan fingerprint density at radius 3 is 2.46 bits per heavy atom. The van der Waals surface area contributed by atoms with Gasteiger partial charge in [-0.3, -0.25) is 4.79 Å². The highest BCUT2D eigenvalue weighted by Crippen LogP contribution is 2.15. The van der Waals surface area contributed by atoms with Crippen molar-refractivity contribution in [3.05, 3.63) is 41.2 Å². The van der Waals surface area contributed by atoms with Crippen molar-refractivity contribution in [2.75, 3.05) is 0 Å². The van der Waals surface area contributed by atoms with Crippen LogP contribution in [0.15, 0.2) is 18.2 Å². The average Bonchev–Trinajstić information content (AvgIpc) is 2.09. The van der Waals surface area contributed by atoms with Crippen LogP contribution in [0.5, 0.6) is 0 Å². The molecule has 0 saturated carbocycles. The van der Waals surface area contributed by atoms with Crippen molar-refractivity contribution in [1.29, 1.82) is 0 Å². The molecule has 0 amide bonds. The van der Waals surface area contributed by atoms with E-state index in [0.717, 1.165) is 18.2 Å². The van der Waals surface area contributed by atoms with Crippen LogP contribution in [0.25, 0.3) is 6.08 Å². The van der Waals surface area contributed by atoms with Gasteiger partial charge in [0.25, 0.3) is 0 Å². The van der Waals surface area contributed by atoms with Gasteiger partial charge in [0.05, 0.1) is 0 Å². The minimum Gasteiger partial charge on any atom is -0.299 e. The summed E-state index contributed by atoms with van der Waals surface area (Å²) >= 11 is 0. The minimum absolute atomic E-state index is 0.287. The summed E-state index contributed by atoms with van der Waals surface area (Å²) in [6.07, 6.45) is 2.34. The number of aldehydes is 1. The molecule has 0 unspecified atom stereocenters. The Kier molecular flexibility index (Phi) is 2.84. The molecule has 0 atom stereocenters. The van der Waals surface area contributed by atoms with Gasteiger partial charge in [-0.25, -0.2) is 13.2 Å². The fraction of sp³-hybridized carbons (Fsp3) is 0. The van der Waals surface area contributed by atoms with Crippen molar-refractivity contribution in [2.24, 2.45) is 0 Å². The second-order valence-electron chi connectivity index (χ2n) is 2.29. The molecule has 1 rings (SSSR count). The van der Waals surface area contributed by atoms with Crippen LogP contribution in [-0.4, -0.2) is 6.29 Å². The summed E-state index contributed by atoms with van der Waals surface area (Å²) < 4.78 is 37.8. The van der Waals surface area contributed by atoms with Crippen LogP contribution in [0.2, 0.25) is 0 Å². The van der Waals surface area contributed by atoms with Crippen molar-refractivity contribution >= 4 is 12.4 Å². The van der Waals surface area contributed by atoms with Crippen molar-refractivity contribution in [1.82, 2.24) is 0 Å². The number of carbonyl (C=O) groups excluding carboxylic acids is 1. The number of carbonyl (C=O) groups is 1. The molecule has 1 aromatic rings. The predicted octanol–water partition coefficient (Wildman–Crippen LogP) is 2.32. The maximum Gasteiger partial charge on any atom is 0.166 e. The van der Waals surface area contributed by atoms with Crippen molar-refractivity contribution in [2.45, 2.75) is 0 Å². The Balaban J connectivity index is 3.19.